The van der Waals surface area contributed by atoms with Crippen LogP contribution in [0.25, 0.3) is 11.3 Å². The molecule has 0 amide bonds. The summed E-state index contributed by atoms with van der Waals surface area (Å²) in [6.45, 7) is 1.88. The zero-order valence-corrected chi connectivity index (χ0v) is 16.4. The van der Waals surface area contributed by atoms with E-state index in [9.17, 15) is 15.3 Å². The van der Waals surface area contributed by atoms with Gasteiger partial charge in [-0.25, -0.2) is 0 Å². The summed E-state index contributed by atoms with van der Waals surface area (Å²) in [5.74, 6) is 3.21. The maximum atomic E-state index is 10.1. The first-order valence-electron chi connectivity index (χ1n) is 9.23. The molecule has 0 spiro atoms. The number of aliphatic hydroxyl groups excluding tert-OH is 1. The Morgan fingerprint density at radius 3 is 2.07 bits per heavy atom. The number of hydrazine groups is 1. The summed E-state index contributed by atoms with van der Waals surface area (Å²) in [6, 6.07) is 22.3. The van der Waals surface area contributed by atoms with Crippen LogP contribution in [0.5, 0.6) is 0 Å². The predicted molar refractivity (Wildman–Crippen MR) is 113 cm³/mol. The quantitative estimate of drug-likeness (QED) is 0.241. The molecule has 1 heterocycles. The standard InChI is InChI=1S/C15H20N4O3.C7H8/c16-9-13(20)10-19(17)15(21,22)12-6-4-11(5-7-12)14-3-1-2-8-18-14;1-7-5-3-2-4-6-7/h1-8,13,20-22H,9-10,16-17H2;2-6H,1H3. The van der Waals surface area contributed by atoms with Crippen LogP contribution in [0, 0.1) is 6.92 Å². The highest BCUT2D eigenvalue weighted by Gasteiger charge is 2.33. The van der Waals surface area contributed by atoms with Crippen LogP contribution in [0.1, 0.15) is 11.1 Å². The van der Waals surface area contributed by atoms with Crippen molar-refractivity contribution in [2.75, 3.05) is 13.1 Å². The van der Waals surface area contributed by atoms with Crippen LogP contribution >= 0.6 is 0 Å². The first-order valence-corrected chi connectivity index (χ1v) is 9.23. The Morgan fingerprint density at radius 2 is 1.59 bits per heavy atom. The number of nitrogens with zero attached hydrogens (tertiary/aromatic N) is 2. The van der Waals surface area contributed by atoms with E-state index in [1.165, 1.54) is 5.56 Å². The molecule has 0 radical (unpaired) electrons. The van der Waals surface area contributed by atoms with E-state index in [0.29, 0.717) is 0 Å². The first kappa shape index (κ1) is 22.6. The molecule has 7 N–H and O–H groups in total. The Bertz CT molecular complexity index is 843. The SMILES string of the molecule is Cc1ccccc1.NCC(O)CN(N)C(O)(O)c1ccc(-c2ccccn2)cc1. The normalized spacial score (nSPS) is 12.2. The smallest absolute Gasteiger partial charge is 0.266 e. The van der Waals surface area contributed by atoms with Crippen molar-refractivity contribution in [3.05, 3.63) is 90.1 Å². The van der Waals surface area contributed by atoms with E-state index in [-0.39, 0.29) is 18.7 Å². The topological polar surface area (TPSA) is 129 Å². The second-order valence-electron chi connectivity index (χ2n) is 6.62. The number of hydrogen-bond acceptors (Lipinski definition) is 7. The lowest BCUT2D eigenvalue weighted by molar-refractivity contribution is -0.281. The highest BCUT2D eigenvalue weighted by molar-refractivity contribution is 5.59. The van der Waals surface area contributed by atoms with E-state index in [1.807, 2.05) is 36.4 Å². The van der Waals surface area contributed by atoms with E-state index >= 15 is 0 Å². The van der Waals surface area contributed by atoms with Crippen molar-refractivity contribution < 1.29 is 15.3 Å². The Labute approximate surface area is 170 Å². The van der Waals surface area contributed by atoms with Gasteiger partial charge >= 0.3 is 0 Å². The summed E-state index contributed by atoms with van der Waals surface area (Å²) in [4.78, 5) is 4.22. The van der Waals surface area contributed by atoms with Crippen molar-refractivity contribution in [3.8, 4) is 11.3 Å². The van der Waals surface area contributed by atoms with Crippen molar-refractivity contribution in [1.29, 1.82) is 0 Å². The van der Waals surface area contributed by atoms with Crippen LogP contribution in [-0.4, -0.2) is 44.5 Å². The van der Waals surface area contributed by atoms with Crippen LogP contribution in [0.2, 0.25) is 0 Å². The van der Waals surface area contributed by atoms with Crippen molar-refractivity contribution >= 4 is 0 Å². The van der Waals surface area contributed by atoms with Gasteiger partial charge in [0.2, 0.25) is 0 Å². The first-order chi connectivity index (χ1) is 13.8. The third-order valence-corrected chi connectivity index (χ3v) is 4.25. The monoisotopic (exact) mass is 396 g/mol. The molecule has 1 atom stereocenters. The number of aromatic nitrogens is 1. The largest absolute Gasteiger partial charge is 0.390 e. The Kier molecular flexibility index (Phi) is 8.41. The molecule has 154 valence electrons. The summed E-state index contributed by atoms with van der Waals surface area (Å²) < 4.78 is 0. The summed E-state index contributed by atoms with van der Waals surface area (Å²) in [6.07, 6.45) is 0.734. The summed E-state index contributed by atoms with van der Waals surface area (Å²) >= 11 is 0. The number of pyridine rings is 1. The second-order valence-corrected chi connectivity index (χ2v) is 6.62. The molecule has 7 nitrogen and oxygen atoms in total. The Hall–Kier alpha value is -2.65. The molecule has 0 aliphatic rings. The van der Waals surface area contributed by atoms with Gasteiger partial charge in [0.15, 0.2) is 0 Å². The number of benzene rings is 2. The molecule has 29 heavy (non-hydrogen) atoms. The van der Waals surface area contributed by atoms with E-state index < -0.39 is 12.0 Å². The molecular formula is C22H28N4O3. The molecule has 0 aliphatic carbocycles. The van der Waals surface area contributed by atoms with Crippen molar-refractivity contribution in [2.24, 2.45) is 11.6 Å². The summed E-state index contributed by atoms with van der Waals surface area (Å²) in [5.41, 5.74) is 8.40. The van der Waals surface area contributed by atoms with Gasteiger partial charge in [-0.2, -0.15) is 5.01 Å². The summed E-state index contributed by atoms with van der Waals surface area (Å²) in [5, 5.41) is 30.5. The molecule has 3 rings (SSSR count). The molecule has 0 aliphatic heterocycles. The zero-order valence-electron chi connectivity index (χ0n) is 16.4. The highest BCUT2D eigenvalue weighted by Crippen LogP contribution is 2.24. The maximum Gasteiger partial charge on any atom is 0.266 e. The molecule has 7 heteroatoms. The molecule has 0 bridgehead atoms. The maximum absolute atomic E-state index is 10.1. The molecular weight excluding hydrogens is 368 g/mol. The van der Waals surface area contributed by atoms with Crippen molar-refractivity contribution in [2.45, 2.75) is 18.9 Å². The van der Waals surface area contributed by atoms with Crippen LogP contribution in [0.4, 0.5) is 0 Å². The summed E-state index contributed by atoms with van der Waals surface area (Å²) in [7, 11) is 0. The second kappa shape index (κ2) is 10.8. The van der Waals surface area contributed by atoms with Crippen molar-refractivity contribution in [1.82, 2.24) is 9.99 Å². The number of aliphatic hydroxyl groups is 3. The molecule has 1 aromatic heterocycles. The minimum Gasteiger partial charge on any atom is -0.390 e. The number of rotatable bonds is 6. The van der Waals surface area contributed by atoms with Gasteiger partial charge in [-0.05, 0) is 19.1 Å². The minimum absolute atomic E-state index is 0.0254. The van der Waals surface area contributed by atoms with Gasteiger partial charge in [-0.3, -0.25) is 10.8 Å². The van der Waals surface area contributed by atoms with E-state index in [4.69, 9.17) is 11.6 Å². The van der Waals surface area contributed by atoms with Crippen LogP contribution < -0.4 is 11.6 Å². The van der Waals surface area contributed by atoms with Crippen molar-refractivity contribution in [3.63, 3.8) is 0 Å². The molecule has 0 saturated heterocycles. The van der Waals surface area contributed by atoms with Gasteiger partial charge in [-0.1, -0.05) is 66.2 Å². The fraction of sp³-hybridized carbons (Fsp3) is 0.227. The average Bonchev–Trinajstić information content (AvgIpc) is 2.75. The third-order valence-electron chi connectivity index (χ3n) is 4.25. The minimum atomic E-state index is -2.40. The molecule has 3 aromatic rings. The van der Waals surface area contributed by atoms with Crippen LogP contribution in [0.15, 0.2) is 79.0 Å². The number of aryl methyl sites for hydroxylation is 1. The zero-order chi connectivity index (χ0) is 21.3. The fourth-order valence-electron chi connectivity index (χ4n) is 2.53. The van der Waals surface area contributed by atoms with E-state index in [0.717, 1.165) is 16.3 Å². The average molecular weight is 396 g/mol. The predicted octanol–water partition coefficient (Wildman–Crippen LogP) is 1.33. The highest BCUT2D eigenvalue weighted by atomic mass is 16.5. The lowest BCUT2D eigenvalue weighted by atomic mass is 10.1. The van der Waals surface area contributed by atoms with Crippen LogP contribution in [-0.2, 0) is 5.91 Å². The molecule has 0 saturated carbocycles. The lowest BCUT2D eigenvalue weighted by Gasteiger charge is -2.32. The molecule has 2 aromatic carbocycles. The van der Waals surface area contributed by atoms with Gasteiger partial charge in [-0.15, -0.1) is 0 Å². The van der Waals surface area contributed by atoms with Crippen LogP contribution in [0.3, 0.4) is 0 Å². The van der Waals surface area contributed by atoms with Gasteiger partial charge in [0, 0.05) is 30.4 Å². The Balaban J connectivity index is 0.000000360. The van der Waals surface area contributed by atoms with Gasteiger partial charge in [0.25, 0.3) is 5.91 Å². The van der Waals surface area contributed by atoms with Gasteiger partial charge < -0.3 is 21.1 Å². The third kappa shape index (κ3) is 6.72. The number of nitrogens with two attached hydrogens (primary N) is 2. The van der Waals surface area contributed by atoms with E-state index in [1.54, 1.807) is 30.5 Å². The lowest BCUT2D eigenvalue weighted by Crippen LogP contribution is -2.54. The fourth-order valence-corrected chi connectivity index (χ4v) is 2.53. The Morgan fingerprint density at radius 1 is 0.966 bits per heavy atom. The molecule has 1 unspecified atom stereocenters. The van der Waals surface area contributed by atoms with Gasteiger partial charge in [0.05, 0.1) is 11.8 Å². The number of hydrogen-bond donors (Lipinski definition) is 5. The van der Waals surface area contributed by atoms with E-state index in [2.05, 4.69) is 24.0 Å². The van der Waals surface area contributed by atoms with Gasteiger partial charge in [0.1, 0.15) is 0 Å². The molecule has 0 fully saturated rings.